The van der Waals surface area contributed by atoms with Crippen LogP contribution in [0.1, 0.15) is 23.2 Å². The molecule has 5 nitrogen and oxygen atoms in total. The van der Waals surface area contributed by atoms with Crippen LogP contribution in [-0.2, 0) is 9.84 Å². The molecule has 2 aromatic carbocycles. The van der Waals surface area contributed by atoms with Crippen LogP contribution in [0.2, 0.25) is 0 Å². The Morgan fingerprint density at radius 1 is 1.00 bits per heavy atom. The molecule has 1 aliphatic rings. The molecule has 156 valence electrons. The van der Waals surface area contributed by atoms with Crippen LogP contribution in [0.3, 0.4) is 0 Å². The van der Waals surface area contributed by atoms with Crippen LogP contribution >= 0.6 is 0 Å². The first-order chi connectivity index (χ1) is 14.4. The van der Waals surface area contributed by atoms with E-state index in [0.717, 1.165) is 5.56 Å². The van der Waals surface area contributed by atoms with E-state index in [-0.39, 0.29) is 18.1 Å². The van der Waals surface area contributed by atoms with Crippen molar-refractivity contribution < 1.29 is 22.0 Å². The molecule has 1 fully saturated rings. The molecule has 2 heterocycles. The second-order valence-electron chi connectivity index (χ2n) is 7.45. The van der Waals surface area contributed by atoms with Crippen LogP contribution in [0.4, 0.5) is 4.39 Å². The van der Waals surface area contributed by atoms with Crippen molar-refractivity contribution in [2.75, 3.05) is 19.6 Å². The first-order valence-electron chi connectivity index (χ1n) is 9.82. The minimum Gasteiger partial charge on any atom is -0.464 e. The molecule has 0 saturated carbocycles. The highest BCUT2D eigenvalue weighted by molar-refractivity contribution is 7.92. The Bertz CT molecular complexity index is 1100. The molecule has 0 radical (unpaired) electrons. The first-order valence-corrected chi connectivity index (χ1v) is 11.4. The molecule has 1 saturated heterocycles. The summed E-state index contributed by atoms with van der Waals surface area (Å²) >= 11 is 0. The van der Waals surface area contributed by atoms with E-state index in [1.165, 1.54) is 24.3 Å². The minimum atomic E-state index is -3.44. The number of hydrogen-bond acceptors (Lipinski definition) is 5. The maximum Gasteiger partial charge on any atom is 0.181 e. The largest absolute Gasteiger partial charge is 0.464 e. The highest BCUT2D eigenvalue weighted by atomic mass is 32.2. The fourth-order valence-corrected chi connectivity index (χ4v) is 5.48. The normalized spacial score (nSPS) is 15.9. The van der Waals surface area contributed by atoms with Gasteiger partial charge in [-0.2, -0.15) is 0 Å². The van der Waals surface area contributed by atoms with E-state index < -0.39 is 15.1 Å². The zero-order valence-electron chi connectivity index (χ0n) is 16.3. The van der Waals surface area contributed by atoms with Crippen LogP contribution in [-0.4, -0.2) is 44.0 Å². The lowest BCUT2D eigenvalue weighted by molar-refractivity contribution is 0.0916. The Morgan fingerprint density at radius 2 is 1.67 bits per heavy atom. The molecule has 0 spiro atoms. The predicted molar refractivity (Wildman–Crippen MR) is 112 cm³/mol. The van der Waals surface area contributed by atoms with Crippen molar-refractivity contribution in [2.45, 2.75) is 23.0 Å². The third-order valence-electron chi connectivity index (χ3n) is 5.50. The van der Waals surface area contributed by atoms with Crippen molar-refractivity contribution in [3.05, 3.63) is 78.3 Å². The Hall–Kier alpha value is -2.77. The van der Waals surface area contributed by atoms with Gasteiger partial charge in [-0.05, 0) is 86.6 Å². The third-order valence-corrected chi connectivity index (χ3v) is 7.77. The Morgan fingerprint density at radius 3 is 2.27 bits per heavy atom. The Balaban J connectivity index is 1.37. The average Bonchev–Trinajstić information content (AvgIpc) is 3.30. The molecular weight excluding hydrogens is 405 g/mol. The SMILES string of the molecule is O=C(CN1CCC(S(=O)(=O)c2ccc(-c3ccco3)cc2)CC1)c1ccc(F)cc1. The number of sulfone groups is 1. The maximum atomic E-state index is 13.0. The number of likely N-dealkylation sites (tertiary alicyclic amines) is 1. The summed E-state index contributed by atoms with van der Waals surface area (Å²) in [6, 6.07) is 15.8. The number of hydrogen-bond donors (Lipinski definition) is 0. The molecule has 30 heavy (non-hydrogen) atoms. The number of carbonyl (C=O) groups excluding carboxylic acids is 1. The van der Waals surface area contributed by atoms with Crippen molar-refractivity contribution in [1.82, 2.24) is 4.90 Å². The first kappa shape index (κ1) is 20.5. The maximum absolute atomic E-state index is 13.0. The number of ketones is 1. The lowest BCUT2D eigenvalue weighted by Gasteiger charge is -2.31. The smallest absolute Gasteiger partial charge is 0.181 e. The second kappa shape index (κ2) is 8.53. The molecule has 1 aromatic heterocycles. The second-order valence-corrected chi connectivity index (χ2v) is 9.68. The summed E-state index contributed by atoms with van der Waals surface area (Å²) in [6.07, 6.45) is 2.52. The van der Waals surface area contributed by atoms with Crippen molar-refractivity contribution in [3.63, 3.8) is 0 Å². The van der Waals surface area contributed by atoms with Crippen molar-refractivity contribution in [2.24, 2.45) is 0 Å². The van der Waals surface area contributed by atoms with Crippen LogP contribution in [0.5, 0.6) is 0 Å². The van der Waals surface area contributed by atoms with Gasteiger partial charge in [0.15, 0.2) is 15.6 Å². The van der Waals surface area contributed by atoms with Gasteiger partial charge in [-0.3, -0.25) is 9.69 Å². The van der Waals surface area contributed by atoms with E-state index in [0.29, 0.717) is 42.2 Å². The molecule has 0 amide bonds. The standard InChI is InChI=1S/C23H22FNO4S/c24-19-7-3-17(4-8-19)22(26)16-25-13-11-21(12-14-25)30(27,28)20-9-5-18(6-10-20)23-2-1-15-29-23/h1-10,15,21H,11-14,16H2. The molecule has 0 bridgehead atoms. The van der Waals surface area contributed by atoms with Crippen LogP contribution in [0.15, 0.2) is 76.2 Å². The van der Waals surface area contributed by atoms with Crippen LogP contribution < -0.4 is 0 Å². The highest BCUT2D eigenvalue weighted by Crippen LogP contribution is 2.27. The number of nitrogens with zero attached hydrogens (tertiary/aromatic N) is 1. The fourth-order valence-electron chi connectivity index (χ4n) is 3.75. The van der Waals surface area contributed by atoms with E-state index >= 15 is 0 Å². The Labute approximate surface area is 175 Å². The van der Waals surface area contributed by atoms with E-state index in [9.17, 15) is 17.6 Å². The molecule has 3 aromatic rings. The van der Waals surface area contributed by atoms with Crippen LogP contribution in [0.25, 0.3) is 11.3 Å². The third kappa shape index (κ3) is 4.37. The van der Waals surface area contributed by atoms with E-state index in [1.807, 2.05) is 11.0 Å². The zero-order valence-corrected chi connectivity index (χ0v) is 17.1. The Kier molecular flexibility index (Phi) is 5.83. The minimum absolute atomic E-state index is 0.0928. The lowest BCUT2D eigenvalue weighted by Crippen LogP contribution is -2.41. The number of furan rings is 1. The highest BCUT2D eigenvalue weighted by Gasteiger charge is 2.31. The van der Waals surface area contributed by atoms with Gasteiger partial charge in [0.1, 0.15) is 11.6 Å². The summed E-state index contributed by atoms with van der Waals surface area (Å²) in [5.41, 5.74) is 1.29. The quantitative estimate of drug-likeness (QED) is 0.552. The van der Waals surface area contributed by atoms with Gasteiger partial charge in [0, 0.05) is 11.1 Å². The molecular formula is C23H22FNO4S. The van der Waals surface area contributed by atoms with Crippen molar-refractivity contribution >= 4 is 15.6 Å². The van der Waals surface area contributed by atoms with Gasteiger partial charge in [-0.15, -0.1) is 0 Å². The fraction of sp³-hybridized carbons (Fsp3) is 0.261. The molecule has 0 unspecified atom stereocenters. The molecule has 0 aliphatic carbocycles. The van der Waals surface area contributed by atoms with Gasteiger partial charge in [0.25, 0.3) is 0 Å². The number of benzene rings is 2. The van der Waals surface area contributed by atoms with Crippen LogP contribution in [0, 0.1) is 5.82 Å². The number of rotatable bonds is 6. The van der Waals surface area contributed by atoms with Gasteiger partial charge >= 0.3 is 0 Å². The lowest BCUT2D eigenvalue weighted by atomic mass is 10.1. The number of Topliss-reactive ketones (excluding diaryl/α,β-unsaturated/α-hetero) is 1. The van der Waals surface area contributed by atoms with E-state index in [1.54, 1.807) is 36.6 Å². The van der Waals surface area contributed by atoms with Gasteiger partial charge in [-0.25, -0.2) is 12.8 Å². The monoisotopic (exact) mass is 427 g/mol. The predicted octanol–water partition coefficient (Wildman–Crippen LogP) is 4.21. The van der Waals surface area contributed by atoms with Crippen molar-refractivity contribution in [1.29, 1.82) is 0 Å². The molecule has 0 atom stereocenters. The summed E-state index contributed by atoms with van der Waals surface area (Å²) < 4.78 is 44.4. The van der Waals surface area contributed by atoms with Gasteiger partial charge in [0.05, 0.1) is 23.0 Å². The summed E-state index contributed by atoms with van der Waals surface area (Å²) in [5.74, 6) is 0.220. The number of piperidine rings is 1. The summed E-state index contributed by atoms with van der Waals surface area (Å²) in [5, 5.41) is -0.468. The van der Waals surface area contributed by atoms with Gasteiger partial charge < -0.3 is 4.42 Å². The number of carbonyl (C=O) groups is 1. The number of halogens is 1. The molecule has 7 heteroatoms. The summed E-state index contributed by atoms with van der Waals surface area (Å²) in [4.78, 5) is 14.6. The zero-order chi connectivity index (χ0) is 21.1. The summed E-state index contributed by atoms with van der Waals surface area (Å²) in [7, 11) is -3.44. The van der Waals surface area contributed by atoms with E-state index in [2.05, 4.69) is 0 Å². The molecule has 1 aliphatic heterocycles. The summed E-state index contributed by atoms with van der Waals surface area (Å²) in [6.45, 7) is 1.26. The molecule has 4 rings (SSSR count). The molecule has 0 N–H and O–H groups in total. The topological polar surface area (TPSA) is 67.6 Å². The van der Waals surface area contributed by atoms with E-state index in [4.69, 9.17) is 4.42 Å². The van der Waals surface area contributed by atoms with Gasteiger partial charge in [-0.1, -0.05) is 0 Å². The van der Waals surface area contributed by atoms with Crippen molar-refractivity contribution in [3.8, 4) is 11.3 Å². The average molecular weight is 427 g/mol. The van der Waals surface area contributed by atoms with Gasteiger partial charge in [0.2, 0.25) is 0 Å².